The Morgan fingerprint density at radius 1 is 1.24 bits per heavy atom. The fourth-order valence-electron chi connectivity index (χ4n) is 4.68. The third kappa shape index (κ3) is 3.50. The highest BCUT2D eigenvalue weighted by Crippen LogP contribution is 2.51. The summed E-state index contributed by atoms with van der Waals surface area (Å²) in [4.78, 5) is 18.0. The molecule has 0 spiro atoms. The molecule has 2 aliphatic rings. The van der Waals surface area contributed by atoms with E-state index < -0.39 is 11.6 Å². The summed E-state index contributed by atoms with van der Waals surface area (Å²) in [5.74, 6) is 2.07. The molecule has 2 N–H and O–H groups in total. The summed E-state index contributed by atoms with van der Waals surface area (Å²) in [6.45, 7) is 3.21. The van der Waals surface area contributed by atoms with Gasteiger partial charge in [-0.25, -0.2) is 0 Å². The molecular formula is C24H25N3O6S. The fraction of sp³-hybridized carbons (Fsp3) is 0.333. The number of fused-ring (bicyclic) bond motifs is 2. The summed E-state index contributed by atoms with van der Waals surface area (Å²) in [5.41, 5.74) is 2.03. The Balaban J connectivity index is 1.72. The van der Waals surface area contributed by atoms with Gasteiger partial charge in [0.2, 0.25) is 18.4 Å². The minimum atomic E-state index is -0.596. The quantitative estimate of drug-likeness (QED) is 0.534. The van der Waals surface area contributed by atoms with E-state index >= 15 is 0 Å². The van der Waals surface area contributed by atoms with E-state index in [1.54, 1.807) is 31.4 Å². The molecule has 34 heavy (non-hydrogen) atoms. The number of aromatic nitrogens is 2. The normalized spacial score (nSPS) is 16.9. The van der Waals surface area contributed by atoms with Crippen molar-refractivity contribution in [1.82, 2.24) is 14.5 Å². The maximum atomic E-state index is 13.2. The Labute approximate surface area is 201 Å². The Hall–Kier alpha value is -3.50. The molecule has 1 atom stereocenters. The number of aromatic hydroxyl groups is 1. The van der Waals surface area contributed by atoms with Crippen LogP contribution in [0.4, 0.5) is 0 Å². The number of H-pyrrole nitrogens is 1. The Morgan fingerprint density at radius 3 is 2.71 bits per heavy atom. The standard InChI is InChI=1S/C24H25N3O6S/c1-4-31-15-7-5-14(6-8-15)27-23(29)18(22(28)25-24(27)34)19-17-13(9-10-26(19)2)11-16-20(21(17)30-3)33-12-32-16/h5-8,11,19,29H,4,9-10,12H2,1-3H3,(H,25,28,34)/t19-/m0/s1. The number of nitrogens with zero attached hydrogens (tertiary/aromatic N) is 2. The second-order valence-corrected chi connectivity index (χ2v) is 8.50. The van der Waals surface area contributed by atoms with Crippen LogP contribution < -0.4 is 24.5 Å². The van der Waals surface area contributed by atoms with E-state index in [1.165, 1.54) is 4.57 Å². The second-order valence-electron chi connectivity index (χ2n) is 8.11. The van der Waals surface area contributed by atoms with Crippen LogP contribution in [0.15, 0.2) is 35.1 Å². The van der Waals surface area contributed by atoms with Crippen LogP contribution in [0.2, 0.25) is 0 Å². The van der Waals surface area contributed by atoms with Crippen LogP contribution in [0.25, 0.3) is 5.69 Å². The molecule has 178 valence electrons. The van der Waals surface area contributed by atoms with E-state index in [4.69, 9.17) is 31.2 Å². The van der Waals surface area contributed by atoms with Crippen molar-refractivity contribution in [2.75, 3.05) is 34.1 Å². The molecule has 0 unspecified atom stereocenters. The van der Waals surface area contributed by atoms with Gasteiger partial charge in [0.15, 0.2) is 16.3 Å². The monoisotopic (exact) mass is 483 g/mol. The molecule has 0 radical (unpaired) electrons. The third-order valence-corrected chi connectivity index (χ3v) is 6.48. The number of methoxy groups -OCH3 is 1. The van der Waals surface area contributed by atoms with Gasteiger partial charge in [-0.15, -0.1) is 0 Å². The Morgan fingerprint density at radius 2 is 2.00 bits per heavy atom. The summed E-state index contributed by atoms with van der Waals surface area (Å²) < 4.78 is 24.0. The SMILES string of the molecule is CCOc1ccc(-n2c(O)c([C@@H]3c4c(cc5c(c4OC)OCO5)CCN3C)c(=O)[nH]c2=S)cc1. The topological polar surface area (TPSA) is 98.2 Å². The van der Waals surface area contributed by atoms with E-state index in [1.807, 2.05) is 24.9 Å². The van der Waals surface area contributed by atoms with Crippen molar-refractivity contribution in [3.05, 3.63) is 62.1 Å². The average molecular weight is 484 g/mol. The van der Waals surface area contributed by atoms with Crippen LogP contribution in [0.5, 0.6) is 28.9 Å². The van der Waals surface area contributed by atoms with Gasteiger partial charge in [-0.1, -0.05) is 0 Å². The zero-order valence-electron chi connectivity index (χ0n) is 19.1. The molecule has 10 heteroatoms. The summed E-state index contributed by atoms with van der Waals surface area (Å²) in [5, 5.41) is 11.5. The van der Waals surface area contributed by atoms with E-state index in [-0.39, 0.29) is 23.0 Å². The zero-order chi connectivity index (χ0) is 24.0. The van der Waals surface area contributed by atoms with Gasteiger partial charge in [0.25, 0.3) is 5.56 Å². The lowest BCUT2D eigenvalue weighted by molar-refractivity contribution is 0.170. The highest BCUT2D eigenvalue weighted by Gasteiger charge is 2.38. The van der Waals surface area contributed by atoms with E-state index in [0.29, 0.717) is 41.8 Å². The molecule has 0 amide bonds. The van der Waals surface area contributed by atoms with Gasteiger partial charge in [-0.3, -0.25) is 19.2 Å². The zero-order valence-corrected chi connectivity index (χ0v) is 19.9. The van der Waals surface area contributed by atoms with Crippen LogP contribution >= 0.6 is 12.2 Å². The van der Waals surface area contributed by atoms with E-state index in [2.05, 4.69) is 4.98 Å². The Bertz CT molecular complexity index is 1370. The number of rotatable bonds is 5. The number of benzene rings is 2. The van der Waals surface area contributed by atoms with Crippen LogP contribution in [0.1, 0.15) is 29.7 Å². The first-order valence-electron chi connectivity index (χ1n) is 11.0. The van der Waals surface area contributed by atoms with E-state index in [9.17, 15) is 9.90 Å². The average Bonchev–Trinajstić information content (AvgIpc) is 3.28. The molecular weight excluding hydrogens is 458 g/mol. The van der Waals surface area contributed by atoms with Crippen LogP contribution in [-0.2, 0) is 6.42 Å². The van der Waals surface area contributed by atoms with Gasteiger partial charge in [-0.2, -0.15) is 0 Å². The number of aromatic amines is 1. The van der Waals surface area contributed by atoms with Crippen molar-refractivity contribution in [2.45, 2.75) is 19.4 Å². The molecule has 9 nitrogen and oxygen atoms in total. The van der Waals surface area contributed by atoms with Crippen molar-refractivity contribution in [1.29, 1.82) is 0 Å². The summed E-state index contributed by atoms with van der Waals surface area (Å²) in [6.07, 6.45) is 0.728. The predicted molar refractivity (Wildman–Crippen MR) is 127 cm³/mol. The minimum Gasteiger partial charge on any atom is -0.494 e. The largest absolute Gasteiger partial charge is 0.494 e. The molecule has 0 bridgehead atoms. The molecule has 2 aliphatic heterocycles. The first kappa shape index (κ1) is 22.3. The van der Waals surface area contributed by atoms with Gasteiger partial charge in [0, 0.05) is 12.1 Å². The molecule has 0 aliphatic carbocycles. The Kier molecular flexibility index (Phi) is 5.70. The number of nitrogens with one attached hydrogen (secondary N) is 1. The molecule has 3 aromatic rings. The second kappa shape index (κ2) is 8.69. The minimum absolute atomic E-state index is 0.0896. The van der Waals surface area contributed by atoms with Crippen LogP contribution in [-0.4, -0.2) is 53.7 Å². The maximum Gasteiger partial charge on any atom is 0.260 e. The molecule has 2 aromatic carbocycles. The van der Waals surface area contributed by atoms with Gasteiger partial charge in [0.1, 0.15) is 5.75 Å². The van der Waals surface area contributed by atoms with Crippen molar-refractivity contribution in [3.63, 3.8) is 0 Å². The number of ether oxygens (including phenoxy) is 4. The maximum absolute atomic E-state index is 13.2. The van der Waals surface area contributed by atoms with Gasteiger partial charge in [0.05, 0.1) is 31.0 Å². The van der Waals surface area contributed by atoms with Gasteiger partial charge >= 0.3 is 0 Å². The number of hydrogen-bond acceptors (Lipinski definition) is 8. The molecule has 1 aromatic heterocycles. The van der Waals surface area contributed by atoms with Crippen molar-refractivity contribution in [2.24, 2.45) is 0 Å². The lowest BCUT2D eigenvalue weighted by Gasteiger charge is -2.36. The number of likely N-dealkylation sites (N-methyl/N-ethyl adjacent to an activating group) is 1. The summed E-state index contributed by atoms with van der Waals surface area (Å²) >= 11 is 5.42. The highest BCUT2D eigenvalue weighted by atomic mass is 32.1. The lowest BCUT2D eigenvalue weighted by Crippen LogP contribution is -2.37. The van der Waals surface area contributed by atoms with Crippen molar-refractivity contribution in [3.8, 4) is 34.6 Å². The van der Waals surface area contributed by atoms with Gasteiger partial charge in [-0.05, 0) is 68.5 Å². The highest BCUT2D eigenvalue weighted by molar-refractivity contribution is 7.71. The molecule has 0 saturated carbocycles. The third-order valence-electron chi connectivity index (χ3n) is 6.20. The number of hydrogen-bond donors (Lipinski definition) is 2. The molecule has 0 saturated heterocycles. The van der Waals surface area contributed by atoms with Crippen LogP contribution in [0, 0.1) is 4.77 Å². The van der Waals surface area contributed by atoms with Gasteiger partial charge < -0.3 is 24.1 Å². The smallest absolute Gasteiger partial charge is 0.260 e. The van der Waals surface area contributed by atoms with Crippen LogP contribution in [0.3, 0.4) is 0 Å². The summed E-state index contributed by atoms with van der Waals surface area (Å²) in [7, 11) is 3.46. The molecule has 3 heterocycles. The van der Waals surface area contributed by atoms with Crippen molar-refractivity contribution < 1.29 is 24.1 Å². The summed E-state index contributed by atoms with van der Waals surface area (Å²) in [6, 6.07) is 8.46. The molecule has 0 fully saturated rings. The first-order chi connectivity index (χ1) is 16.4. The lowest BCUT2D eigenvalue weighted by atomic mass is 9.87. The molecule has 5 rings (SSSR count). The predicted octanol–water partition coefficient (Wildman–Crippen LogP) is 3.31. The fourth-order valence-corrected chi connectivity index (χ4v) is 4.96. The van der Waals surface area contributed by atoms with Crippen molar-refractivity contribution >= 4 is 12.2 Å². The first-order valence-corrected chi connectivity index (χ1v) is 11.4. The van der Waals surface area contributed by atoms with E-state index in [0.717, 1.165) is 17.5 Å².